The minimum Gasteiger partial charge on any atom is -0.506 e. The monoisotopic (exact) mass is 287 g/mol. The molecule has 0 saturated carbocycles. The molecule has 0 heterocycles. The smallest absolute Gasteiger partial charge is 0.139 e. The fourth-order valence-electron chi connectivity index (χ4n) is 2.42. The van der Waals surface area contributed by atoms with Gasteiger partial charge in [-0.05, 0) is 22.2 Å². The van der Waals surface area contributed by atoms with E-state index in [1.165, 1.54) is 10.8 Å². The molecular formula is C20H17NO. The van der Waals surface area contributed by atoms with Gasteiger partial charge in [0.25, 0.3) is 0 Å². The highest BCUT2D eigenvalue weighted by Gasteiger charge is 2.00. The van der Waals surface area contributed by atoms with Crippen LogP contribution < -0.4 is 5.73 Å². The van der Waals surface area contributed by atoms with E-state index in [1.54, 1.807) is 6.07 Å². The van der Waals surface area contributed by atoms with Gasteiger partial charge in [0.1, 0.15) is 5.75 Å². The van der Waals surface area contributed by atoms with Crippen molar-refractivity contribution >= 4 is 27.2 Å². The molecule has 4 aromatic carbocycles. The Balaban J connectivity index is 0.000000133. The number of phenols is 1. The third kappa shape index (κ3) is 2.86. The molecule has 2 nitrogen and oxygen atoms in total. The van der Waals surface area contributed by atoms with Crippen LogP contribution in [0.2, 0.25) is 0 Å². The van der Waals surface area contributed by atoms with E-state index in [-0.39, 0.29) is 5.75 Å². The van der Waals surface area contributed by atoms with Crippen LogP contribution in [0.15, 0.2) is 84.9 Å². The lowest BCUT2D eigenvalue weighted by atomic mass is 10.1. The van der Waals surface area contributed by atoms with Crippen LogP contribution in [0.25, 0.3) is 21.5 Å². The third-order valence-corrected chi connectivity index (χ3v) is 3.61. The van der Waals surface area contributed by atoms with Crippen LogP contribution in [0, 0.1) is 0 Å². The second-order valence-corrected chi connectivity index (χ2v) is 5.07. The van der Waals surface area contributed by atoms with Gasteiger partial charge in [-0.25, -0.2) is 0 Å². The molecule has 0 aliphatic heterocycles. The van der Waals surface area contributed by atoms with E-state index >= 15 is 0 Å². The molecule has 108 valence electrons. The fourth-order valence-corrected chi connectivity index (χ4v) is 2.42. The van der Waals surface area contributed by atoms with E-state index in [0.29, 0.717) is 5.69 Å². The molecule has 0 unspecified atom stereocenters. The average Bonchev–Trinajstić information content (AvgIpc) is 2.59. The van der Waals surface area contributed by atoms with E-state index in [1.807, 2.05) is 30.3 Å². The van der Waals surface area contributed by atoms with Gasteiger partial charge >= 0.3 is 0 Å². The Bertz CT molecular complexity index is 850. The summed E-state index contributed by atoms with van der Waals surface area (Å²) in [4.78, 5) is 0. The van der Waals surface area contributed by atoms with Crippen molar-refractivity contribution in [3.63, 3.8) is 0 Å². The van der Waals surface area contributed by atoms with Crippen molar-refractivity contribution in [2.75, 3.05) is 5.73 Å². The Hall–Kier alpha value is -3.00. The number of fused-ring (bicyclic) bond motifs is 2. The fraction of sp³-hybridized carbons (Fsp3) is 0. The first kappa shape index (κ1) is 14.0. The summed E-state index contributed by atoms with van der Waals surface area (Å²) in [5, 5.41) is 13.9. The number of nitrogen functional groups attached to an aromatic ring is 1. The van der Waals surface area contributed by atoms with Crippen molar-refractivity contribution in [1.29, 1.82) is 0 Å². The highest BCUT2D eigenvalue weighted by molar-refractivity contribution is 5.95. The van der Waals surface area contributed by atoms with Crippen LogP contribution in [0.3, 0.4) is 0 Å². The van der Waals surface area contributed by atoms with Gasteiger partial charge in [0.05, 0.1) is 5.69 Å². The number of rotatable bonds is 0. The lowest BCUT2D eigenvalue weighted by Gasteiger charge is -2.02. The van der Waals surface area contributed by atoms with E-state index in [4.69, 9.17) is 5.73 Å². The molecule has 0 radical (unpaired) electrons. The van der Waals surface area contributed by atoms with Crippen molar-refractivity contribution in [2.45, 2.75) is 0 Å². The van der Waals surface area contributed by atoms with Gasteiger partial charge in [-0.3, -0.25) is 0 Å². The summed E-state index contributed by atoms with van der Waals surface area (Å²) in [6, 6.07) is 27.9. The topological polar surface area (TPSA) is 46.2 Å². The lowest BCUT2D eigenvalue weighted by Crippen LogP contribution is -1.86. The van der Waals surface area contributed by atoms with Crippen LogP contribution in [-0.4, -0.2) is 5.11 Å². The summed E-state index contributed by atoms with van der Waals surface area (Å²) < 4.78 is 0. The molecule has 0 fully saturated rings. The van der Waals surface area contributed by atoms with Crippen LogP contribution in [0.4, 0.5) is 5.69 Å². The maximum atomic E-state index is 9.29. The molecule has 0 aliphatic rings. The van der Waals surface area contributed by atoms with Gasteiger partial charge in [-0.1, -0.05) is 78.9 Å². The van der Waals surface area contributed by atoms with Crippen LogP contribution in [0.1, 0.15) is 0 Å². The van der Waals surface area contributed by atoms with Crippen LogP contribution >= 0.6 is 0 Å². The SMILES string of the molecule is Nc1c(O)ccc2ccccc12.c1ccc2ccccc2c1. The highest BCUT2D eigenvalue weighted by atomic mass is 16.3. The first-order valence-electron chi connectivity index (χ1n) is 7.16. The maximum absolute atomic E-state index is 9.29. The predicted molar refractivity (Wildman–Crippen MR) is 94.0 cm³/mol. The van der Waals surface area contributed by atoms with Gasteiger partial charge in [0, 0.05) is 5.39 Å². The molecule has 22 heavy (non-hydrogen) atoms. The van der Waals surface area contributed by atoms with Gasteiger partial charge in [0.15, 0.2) is 0 Å². The quantitative estimate of drug-likeness (QED) is 0.354. The number of hydrogen-bond donors (Lipinski definition) is 2. The summed E-state index contributed by atoms with van der Waals surface area (Å²) in [5.41, 5.74) is 6.12. The minimum atomic E-state index is 0.147. The van der Waals surface area contributed by atoms with E-state index in [9.17, 15) is 5.11 Å². The molecular weight excluding hydrogens is 270 g/mol. The van der Waals surface area contributed by atoms with Gasteiger partial charge in [-0.2, -0.15) is 0 Å². The number of nitrogens with two attached hydrogens (primary N) is 1. The minimum absolute atomic E-state index is 0.147. The molecule has 0 amide bonds. The molecule has 3 N–H and O–H groups in total. The Labute approximate surface area is 129 Å². The van der Waals surface area contributed by atoms with E-state index in [2.05, 4.69) is 48.5 Å². The molecule has 0 saturated heterocycles. The zero-order valence-corrected chi connectivity index (χ0v) is 12.1. The largest absolute Gasteiger partial charge is 0.506 e. The van der Waals surface area contributed by atoms with Gasteiger partial charge < -0.3 is 10.8 Å². The van der Waals surface area contributed by atoms with Crippen molar-refractivity contribution in [1.82, 2.24) is 0 Å². The number of benzene rings is 4. The predicted octanol–water partition coefficient (Wildman–Crippen LogP) is 4.97. The first-order valence-corrected chi connectivity index (χ1v) is 7.16. The van der Waals surface area contributed by atoms with Crippen LogP contribution in [-0.2, 0) is 0 Å². The Morgan fingerprint density at radius 1 is 0.545 bits per heavy atom. The van der Waals surface area contributed by atoms with Crippen molar-refractivity contribution < 1.29 is 5.11 Å². The average molecular weight is 287 g/mol. The summed E-state index contributed by atoms with van der Waals surface area (Å²) in [6.45, 7) is 0. The summed E-state index contributed by atoms with van der Waals surface area (Å²) in [7, 11) is 0. The van der Waals surface area contributed by atoms with E-state index < -0.39 is 0 Å². The summed E-state index contributed by atoms with van der Waals surface area (Å²) >= 11 is 0. The summed E-state index contributed by atoms with van der Waals surface area (Å²) in [6.07, 6.45) is 0. The second kappa shape index (κ2) is 6.19. The number of aromatic hydroxyl groups is 1. The molecule has 4 aromatic rings. The Morgan fingerprint density at radius 3 is 1.55 bits per heavy atom. The van der Waals surface area contributed by atoms with Crippen molar-refractivity contribution in [3.05, 3.63) is 84.9 Å². The number of phenolic OH excluding ortho intramolecular Hbond substituents is 1. The standard InChI is InChI=1S/C10H9NO.C10H8/c11-10-8-4-2-1-3-7(8)5-6-9(10)12;1-2-6-10-8-4-3-7-9(10)5-1/h1-6,12H,11H2;1-8H. The zero-order valence-electron chi connectivity index (χ0n) is 12.1. The zero-order chi connectivity index (χ0) is 15.4. The Morgan fingerprint density at radius 2 is 1.00 bits per heavy atom. The molecule has 2 heteroatoms. The first-order chi connectivity index (χ1) is 10.8. The molecule has 0 bridgehead atoms. The third-order valence-electron chi connectivity index (χ3n) is 3.61. The molecule has 0 spiro atoms. The van der Waals surface area contributed by atoms with Crippen molar-refractivity contribution in [2.24, 2.45) is 0 Å². The number of hydrogen-bond acceptors (Lipinski definition) is 2. The molecule has 4 rings (SSSR count). The molecule has 0 atom stereocenters. The maximum Gasteiger partial charge on any atom is 0.139 e. The van der Waals surface area contributed by atoms with Crippen molar-refractivity contribution in [3.8, 4) is 5.75 Å². The van der Waals surface area contributed by atoms with Gasteiger partial charge in [0.2, 0.25) is 0 Å². The molecule has 0 aromatic heterocycles. The van der Waals surface area contributed by atoms with Gasteiger partial charge in [-0.15, -0.1) is 0 Å². The molecule has 0 aliphatic carbocycles. The normalized spacial score (nSPS) is 10.2. The highest BCUT2D eigenvalue weighted by Crippen LogP contribution is 2.28. The number of anilines is 1. The lowest BCUT2D eigenvalue weighted by molar-refractivity contribution is 0.478. The van der Waals surface area contributed by atoms with Crippen LogP contribution in [0.5, 0.6) is 5.75 Å². The second-order valence-electron chi connectivity index (χ2n) is 5.07. The van der Waals surface area contributed by atoms with E-state index in [0.717, 1.165) is 10.8 Å². The summed E-state index contributed by atoms with van der Waals surface area (Å²) in [5.74, 6) is 0.147. The Kier molecular flexibility index (Phi) is 3.92.